The fourth-order valence-corrected chi connectivity index (χ4v) is 4.63. The number of nitrogens with zero attached hydrogens (tertiary/aromatic N) is 6. The summed E-state index contributed by atoms with van der Waals surface area (Å²) in [6, 6.07) is 7.55. The van der Waals surface area contributed by atoms with Gasteiger partial charge in [0.1, 0.15) is 11.3 Å². The van der Waals surface area contributed by atoms with E-state index in [4.69, 9.17) is 4.74 Å². The van der Waals surface area contributed by atoms with E-state index in [0.717, 1.165) is 43.0 Å². The zero-order valence-electron chi connectivity index (χ0n) is 18.8. The summed E-state index contributed by atoms with van der Waals surface area (Å²) in [6.07, 6.45) is 2.92. The number of carbonyl (C=O) groups excluding carboxylic acids is 1. The lowest BCUT2D eigenvalue weighted by Gasteiger charge is -2.34. The van der Waals surface area contributed by atoms with Gasteiger partial charge in [-0.25, -0.2) is 4.68 Å². The summed E-state index contributed by atoms with van der Waals surface area (Å²) in [5, 5.41) is 16.0. The number of aromatic nitrogens is 5. The van der Waals surface area contributed by atoms with Gasteiger partial charge in [-0.05, 0) is 32.4 Å². The van der Waals surface area contributed by atoms with E-state index in [1.807, 2.05) is 53.8 Å². The molecule has 1 aromatic carbocycles. The van der Waals surface area contributed by atoms with Crippen LogP contribution < -0.4 is 5.32 Å². The van der Waals surface area contributed by atoms with Crippen LogP contribution in [0.1, 0.15) is 45.0 Å². The minimum atomic E-state index is -0.237. The van der Waals surface area contributed by atoms with Gasteiger partial charge in [-0.1, -0.05) is 22.9 Å². The zero-order chi connectivity index (χ0) is 22.3. The van der Waals surface area contributed by atoms with Crippen LogP contribution in [0.5, 0.6) is 0 Å². The standard InChI is InChI=1S/C23H29N7O2/c1-16-5-4-6-18(9-16)22(31)24-11-20-21-13-32-23(15-30(21)27-26-20)7-8-29(14-23)12-19-10-25-28(3)17(19)2/h4-6,9-10H,7-8,11-15H2,1-3H3,(H,24,31). The van der Waals surface area contributed by atoms with E-state index < -0.39 is 0 Å². The highest BCUT2D eigenvalue weighted by atomic mass is 16.5. The van der Waals surface area contributed by atoms with Crippen LogP contribution >= 0.6 is 0 Å². The molecular formula is C23H29N7O2. The van der Waals surface area contributed by atoms with E-state index in [-0.39, 0.29) is 11.5 Å². The molecule has 0 saturated carbocycles. The maximum absolute atomic E-state index is 12.5. The molecule has 9 nitrogen and oxygen atoms in total. The highest BCUT2D eigenvalue weighted by Gasteiger charge is 2.43. The van der Waals surface area contributed by atoms with E-state index in [0.29, 0.717) is 25.3 Å². The second kappa shape index (κ2) is 8.14. The van der Waals surface area contributed by atoms with E-state index in [1.54, 1.807) is 0 Å². The van der Waals surface area contributed by atoms with Crippen LogP contribution in [0.3, 0.4) is 0 Å². The van der Waals surface area contributed by atoms with Crippen molar-refractivity contribution in [3.8, 4) is 0 Å². The Hall–Kier alpha value is -3.04. The van der Waals surface area contributed by atoms with Crippen LogP contribution in [0.2, 0.25) is 0 Å². The molecule has 2 aliphatic heterocycles. The van der Waals surface area contributed by atoms with Crippen LogP contribution in [-0.4, -0.2) is 54.3 Å². The average Bonchev–Trinajstić information content (AvgIpc) is 3.46. The summed E-state index contributed by atoms with van der Waals surface area (Å²) in [4.78, 5) is 14.9. The molecule has 0 bridgehead atoms. The normalized spacial score (nSPS) is 20.6. The van der Waals surface area contributed by atoms with Crippen molar-refractivity contribution in [2.45, 2.75) is 52.1 Å². The number of rotatable bonds is 5. The molecule has 1 fully saturated rings. The summed E-state index contributed by atoms with van der Waals surface area (Å²) < 4.78 is 10.3. The van der Waals surface area contributed by atoms with Gasteiger partial charge in [-0.3, -0.25) is 14.4 Å². The minimum Gasteiger partial charge on any atom is -0.365 e. The Balaban J connectivity index is 1.21. The molecule has 0 aliphatic carbocycles. The SMILES string of the molecule is Cc1cccc(C(=O)NCc2nnn3c2COC2(CCN(Cc4cnn(C)c4C)C2)C3)c1. The summed E-state index contributed by atoms with van der Waals surface area (Å²) in [6.45, 7) is 8.29. The summed E-state index contributed by atoms with van der Waals surface area (Å²) >= 11 is 0. The molecule has 5 rings (SSSR count). The second-order valence-corrected chi connectivity index (χ2v) is 9.00. The van der Waals surface area contributed by atoms with Gasteiger partial charge in [-0.15, -0.1) is 5.10 Å². The van der Waals surface area contributed by atoms with Crippen LogP contribution in [0.4, 0.5) is 0 Å². The third-order valence-corrected chi connectivity index (χ3v) is 6.69. The van der Waals surface area contributed by atoms with Crippen LogP contribution in [0.15, 0.2) is 30.5 Å². The van der Waals surface area contributed by atoms with E-state index in [9.17, 15) is 4.79 Å². The number of likely N-dealkylation sites (tertiary alicyclic amines) is 1. The second-order valence-electron chi connectivity index (χ2n) is 9.00. The number of amides is 1. The monoisotopic (exact) mass is 435 g/mol. The van der Waals surface area contributed by atoms with Crippen LogP contribution in [-0.2, 0) is 38.0 Å². The highest BCUT2D eigenvalue weighted by Crippen LogP contribution is 2.33. The smallest absolute Gasteiger partial charge is 0.251 e. The van der Waals surface area contributed by atoms with Gasteiger partial charge in [0.2, 0.25) is 0 Å². The largest absolute Gasteiger partial charge is 0.365 e. The molecule has 2 aliphatic rings. The first-order valence-electron chi connectivity index (χ1n) is 11.0. The number of hydrogen-bond acceptors (Lipinski definition) is 6. The van der Waals surface area contributed by atoms with Gasteiger partial charge in [0.05, 0.1) is 31.6 Å². The van der Waals surface area contributed by atoms with Crippen molar-refractivity contribution in [1.82, 2.24) is 35.0 Å². The molecule has 1 amide bonds. The number of carbonyl (C=O) groups is 1. The molecule has 1 N–H and O–H groups in total. The molecule has 9 heteroatoms. The van der Waals surface area contributed by atoms with Crippen LogP contribution in [0.25, 0.3) is 0 Å². The van der Waals surface area contributed by atoms with Crippen molar-refractivity contribution in [3.63, 3.8) is 0 Å². The van der Waals surface area contributed by atoms with Crippen LogP contribution in [0, 0.1) is 13.8 Å². The van der Waals surface area contributed by atoms with E-state index >= 15 is 0 Å². The Labute approximate surface area is 187 Å². The molecule has 2 aromatic heterocycles. The van der Waals surface area contributed by atoms with Crippen molar-refractivity contribution in [2.24, 2.45) is 7.05 Å². The molecule has 1 unspecified atom stereocenters. The Bertz CT molecular complexity index is 1150. The summed E-state index contributed by atoms with van der Waals surface area (Å²) in [5.74, 6) is -0.110. The molecule has 32 heavy (non-hydrogen) atoms. The fourth-order valence-electron chi connectivity index (χ4n) is 4.63. The van der Waals surface area contributed by atoms with Gasteiger partial charge < -0.3 is 10.1 Å². The van der Waals surface area contributed by atoms with Crippen molar-refractivity contribution < 1.29 is 9.53 Å². The van der Waals surface area contributed by atoms with Gasteiger partial charge in [-0.2, -0.15) is 5.10 Å². The molecular weight excluding hydrogens is 406 g/mol. The topological polar surface area (TPSA) is 90.1 Å². The Morgan fingerprint density at radius 1 is 1.28 bits per heavy atom. The maximum Gasteiger partial charge on any atom is 0.251 e. The summed E-state index contributed by atoms with van der Waals surface area (Å²) in [7, 11) is 1.97. The Morgan fingerprint density at radius 2 is 2.16 bits per heavy atom. The molecule has 3 aromatic rings. The average molecular weight is 436 g/mol. The summed E-state index contributed by atoms with van der Waals surface area (Å²) in [5.41, 5.74) is 5.64. The molecule has 1 spiro atoms. The van der Waals surface area contributed by atoms with E-state index in [1.165, 1.54) is 11.3 Å². The fraction of sp³-hybridized carbons (Fsp3) is 0.478. The first-order chi connectivity index (χ1) is 15.4. The van der Waals surface area contributed by atoms with Crippen molar-refractivity contribution in [1.29, 1.82) is 0 Å². The Kier molecular flexibility index (Phi) is 5.30. The number of ether oxygens (including phenoxy) is 1. The lowest BCUT2D eigenvalue weighted by Crippen LogP contribution is -2.44. The zero-order valence-corrected chi connectivity index (χ0v) is 18.8. The number of benzene rings is 1. The van der Waals surface area contributed by atoms with E-state index in [2.05, 4.69) is 32.6 Å². The lowest BCUT2D eigenvalue weighted by atomic mass is 10.0. The number of hydrogen-bond donors (Lipinski definition) is 1. The van der Waals surface area contributed by atoms with Crippen molar-refractivity contribution in [2.75, 3.05) is 13.1 Å². The number of aryl methyl sites for hydroxylation is 2. The van der Waals surface area contributed by atoms with Gasteiger partial charge >= 0.3 is 0 Å². The van der Waals surface area contributed by atoms with Crippen molar-refractivity contribution in [3.05, 3.63) is 64.2 Å². The maximum atomic E-state index is 12.5. The van der Waals surface area contributed by atoms with Crippen molar-refractivity contribution >= 4 is 5.91 Å². The third kappa shape index (κ3) is 3.93. The third-order valence-electron chi connectivity index (χ3n) is 6.69. The predicted octanol–water partition coefficient (Wildman–Crippen LogP) is 1.73. The first-order valence-corrected chi connectivity index (χ1v) is 11.0. The Morgan fingerprint density at radius 3 is 2.94 bits per heavy atom. The quantitative estimate of drug-likeness (QED) is 0.657. The lowest BCUT2D eigenvalue weighted by molar-refractivity contribution is -0.0845. The minimum absolute atomic E-state index is 0.110. The van der Waals surface area contributed by atoms with Gasteiger partial charge in [0, 0.05) is 43.5 Å². The first kappa shape index (κ1) is 20.8. The molecule has 1 atom stereocenters. The molecule has 168 valence electrons. The number of nitrogens with one attached hydrogen (secondary N) is 1. The molecule has 0 radical (unpaired) electrons. The molecule has 4 heterocycles. The number of fused-ring (bicyclic) bond motifs is 1. The van der Waals surface area contributed by atoms with Gasteiger partial charge in [0.25, 0.3) is 5.91 Å². The predicted molar refractivity (Wildman–Crippen MR) is 118 cm³/mol. The highest BCUT2D eigenvalue weighted by molar-refractivity contribution is 5.94. The van der Waals surface area contributed by atoms with Gasteiger partial charge in [0.15, 0.2) is 0 Å². The molecule has 1 saturated heterocycles.